The molecule has 0 saturated heterocycles. The Morgan fingerprint density at radius 3 is 2.51 bits per heavy atom. The van der Waals surface area contributed by atoms with Crippen molar-refractivity contribution in [3.05, 3.63) is 94.5 Å². The fourth-order valence-corrected chi connectivity index (χ4v) is 6.81. The lowest BCUT2D eigenvalue weighted by atomic mass is 9.68. The minimum atomic E-state index is -0.421. The SMILES string of the molecule is COC(=O)c1ccc(C)c(NC(=O)c2ccc3c(c2)[C@@H]2[C@H]4CC[C@@H](C4)[C@@H]2[C@H](c2ccccc2)N3)c1. The number of hydrogen-bond acceptors (Lipinski definition) is 4. The van der Waals surface area contributed by atoms with E-state index in [0.29, 0.717) is 40.6 Å². The Morgan fingerprint density at radius 1 is 0.943 bits per heavy atom. The second-order valence-electron chi connectivity index (χ2n) is 10.2. The highest BCUT2D eigenvalue weighted by Crippen LogP contribution is 2.63. The van der Waals surface area contributed by atoms with Gasteiger partial charge in [0.05, 0.1) is 18.7 Å². The summed E-state index contributed by atoms with van der Waals surface area (Å²) in [6.45, 7) is 1.91. The lowest BCUT2D eigenvalue weighted by Gasteiger charge is -2.43. The highest BCUT2D eigenvalue weighted by Gasteiger charge is 2.53. The summed E-state index contributed by atoms with van der Waals surface area (Å²) >= 11 is 0. The summed E-state index contributed by atoms with van der Waals surface area (Å²) in [6.07, 6.45) is 3.88. The Bertz CT molecular complexity index is 1300. The highest BCUT2D eigenvalue weighted by atomic mass is 16.5. The summed E-state index contributed by atoms with van der Waals surface area (Å²) < 4.78 is 4.83. The van der Waals surface area contributed by atoms with Gasteiger partial charge in [0.1, 0.15) is 0 Å². The van der Waals surface area contributed by atoms with Gasteiger partial charge in [-0.1, -0.05) is 36.4 Å². The number of esters is 1. The van der Waals surface area contributed by atoms with Gasteiger partial charge in [-0.15, -0.1) is 0 Å². The molecule has 6 rings (SSSR count). The number of ether oxygens (including phenoxy) is 1. The summed E-state index contributed by atoms with van der Waals surface area (Å²) in [5.41, 5.74) is 6.35. The van der Waals surface area contributed by atoms with E-state index in [1.807, 2.05) is 19.1 Å². The zero-order valence-electron chi connectivity index (χ0n) is 20.1. The predicted molar refractivity (Wildman–Crippen MR) is 137 cm³/mol. The normalized spacial score (nSPS) is 25.8. The maximum Gasteiger partial charge on any atom is 0.337 e. The monoisotopic (exact) mass is 466 g/mol. The van der Waals surface area contributed by atoms with Crippen LogP contribution in [0, 0.1) is 24.7 Å². The van der Waals surface area contributed by atoms with E-state index in [0.717, 1.165) is 17.2 Å². The zero-order chi connectivity index (χ0) is 24.1. The lowest BCUT2D eigenvalue weighted by Crippen LogP contribution is -2.35. The molecule has 1 aliphatic heterocycles. The summed E-state index contributed by atoms with van der Waals surface area (Å²) in [5.74, 6) is 1.87. The second kappa shape index (κ2) is 8.56. The number of anilines is 2. The van der Waals surface area contributed by atoms with Crippen molar-refractivity contribution in [1.82, 2.24) is 0 Å². The Kier molecular flexibility index (Phi) is 5.36. The van der Waals surface area contributed by atoms with Gasteiger partial charge >= 0.3 is 5.97 Å². The number of carbonyl (C=O) groups is 2. The first-order valence-electron chi connectivity index (χ1n) is 12.5. The van der Waals surface area contributed by atoms with Crippen LogP contribution in [0.25, 0.3) is 0 Å². The van der Waals surface area contributed by atoms with Gasteiger partial charge in [0, 0.05) is 16.9 Å². The molecule has 3 aromatic rings. The van der Waals surface area contributed by atoms with Gasteiger partial charge in [0.2, 0.25) is 0 Å². The number of aryl methyl sites for hydroxylation is 1. The van der Waals surface area contributed by atoms with Crippen LogP contribution in [-0.4, -0.2) is 19.0 Å². The molecule has 35 heavy (non-hydrogen) atoms. The van der Waals surface area contributed by atoms with Gasteiger partial charge in [-0.2, -0.15) is 0 Å². The summed E-state index contributed by atoms with van der Waals surface area (Å²) in [4.78, 5) is 25.2. The van der Waals surface area contributed by atoms with E-state index in [-0.39, 0.29) is 5.91 Å². The van der Waals surface area contributed by atoms with E-state index in [4.69, 9.17) is 4.74 Å². The number of amides is 1. The minimum absolute atomic E-state index is 0.164. The van der Waals surface area contributed by atoms with Crippen LogP contribution >= 0.6 is 0 Å². The summed E-state index contributed by atoms with van der Waals surface area (Å²) in [6, 6.07) is 22.4. The Labute approximate surface area is 205 Å². The molecule has 2 saturated carbocycles. The largest absolute Gasteiger partial charge is 0.465 e. The molecule has 5 atom stereocenters. The highest BCUT2D eigenvalue weighted by molar-refractivity contribution is 6.05. The Balaban J connectivity index is 1.32. The second-order valence-corrected chi connectivity index (χ2v) is 10.2. The Hall–Kier alpha value is -3.60. The summed E-state index contributed by atoms with van der Waals surface area (Å²) in [7, 11) is 1.35. The van der Waals surface area contributed by atoms with Crippen LogP contribution in [0.2, 0.25) is 0 Å². The molecular weight excluding hydrogens is 436 g/mol. The van der Waals surface area contributed by atoms with Crippen LogP contribution in [0.4, 0.5) is 11.4 Å². The van der Waals surface area contributed by atoms with Crippen molar-refractivity contribution in [2.24, 2.45) is 17.8 Å². The third-order valence-corrected chi connectivity index (χ3v) is 8.41. The molecule has 2 bridgehead atoms. The first-order chi connectivity index (χ1) is 17.0. The molecule has 0 radical (unpaired) electrons. The third kappa shape index (κ3) is 3.70. The van der Waals surface area contributed by atoms with Crippen molar-refractivity contribution in [2.45, 2.75) is 38.1 Å². The number of rotatable bonds is 4. The Morgan fingerprint density at radius 2 is 1.71 bits per heavy atom. The number of fused-ring (bicyclic) bond motifs is 7. The van der Waals surface area contributed by atoms with Crippen molar-refractivity contribution in [3.63, 3.8) is 0 Å². The number of nitrogens with one attached hydrogen (secondary N) is 2. The molecule has 2 fully saturated rings. The van der Waals surface area contributed by atoms with Crippen molar-refractivity contribution < 1.29 is 14.3 Å². The average molecular weight is 467 g/mol. The van der Waals surface area contributed by atoms with Gasteiger partial charge in [0.15, 0.2) is 0 Å². The zero-order valence-corrected chi connectivity index (χ0v) is 20.1. The quantitative estimate of drug-likeness (QED) is 0.441. The topological polar surface area (TPSA) is 67.4 Å². The minimum Gasteiger partial charge on any atom is -0.465 e. The fourth-order valence-electron chi connectivity index (χ4n) is 6.81. The molecule has 3 aromatic carbocycles. The predicted octanol–water partition coefficient (Wildman–Crippen LogP) is 6.33. The van der Waals surface area contributed by atoms with E-state index in [1.165, 1.54) is 37.5 Å². The van der Waals surface area contributed by atoms with Crippen molar-refractivity contribution >= 4 is 23.3 Å². The van der Waals surface area contributed by atoms with E-state index < -0.39 is 5.97 Å². The number of carbonyl (C=O) groups excluding carboxylic acids is 2. The molecule has 0 spiro atoms. The number of hydrogen-bond donors (Lipinski definition) is 2. The first kappa shape index (κ1) is 21.9. The van der Waals surface area contributed by atoms with Gasteiger partial charge in [0.25, 0.3) is 5.91 Å². The van der Waals surface area contributed by atoms with E-state index >= 15 is 0 Å². The maximum atomic E-state index is 13.3. The van der Waals surface area contributed by atoms with Gasteiger partial charge in [-0.05, 0) is 96.9 Å². The van der Waals surface area contributed by atoms with Gasteiger partial charge < -0.3 is 15.4 Å². The third-order valence-electron chi connectivity index (χ3n) is 8.41. The smallest absolute Gasteiger partial charge is 0.337 e. The van der Waals surface area contributed by atoms with Gasteiger partial charge in [-0.25, -0.2) is 4.79 Å². The van der Waals surface area contributed by atoms with Crippen molar-refractivity contribution in [3.8, 4) is 0 Å². The van der Waals surface area contributed by atoms with Crippen LogP contribution in [0.1, 0.15) is 68.6 Å². The maximum absolute atomic E-state index is 13.3. The van der Waals surface area contributed by atoms with Crippen LogP contribution in [0.5, 0.6) is 0 Å². The standard InChI is InChI=1S/C30H30N2O3/c1-17-8-9-22(30(34)35-2)16-25(17)32-29(33)21-12-13-24-23(15-21)26-19-10-11-20(14-19)27(26)28(31-24)18-6-4-3-5-7-18/h3-9,12-13,15-16,19-20,26-28,31H,10-11,14H2,1-2H3,(H,32,33)/t19-,20-,26-,27-,28-/m0/s1. The van der Waals surface area contributed by atoms with Crippen molar-refractivity contribution in [1.29, 1.82) is 0 Å². The molecule has 0 aromatic heterocycles. The van der Waals surface area contributed by atoms with Crippen LogP contribution in [0.3, 0.4) is 0 Å². The lowest BCUT2D eigenvalue weighted by molar-refractivity contribution is 0.0600. The molecule has 178 valence electrons. The fraction of sp³-hybridized carbons (Fsp3) is 0.333. The summed E-state index contributed by atoms with van der Waals surface area (Å²) in [5, 5.41) is 6.85. The molecule has 0 unspecified atom stereocenters. The van der Waals surface area contributed by atoms with Gasteiger partial charge in [-0.3, -0.25) is 4.79 Å². The molecule has 1 amide bonds. The number of benzene rings is 3. The van der Waals surface area contributed by atoms with E-state index in [9.17, 15) is 9.59 Å². The van der Waals surface area contributed by atoms with Crippen molar-refractivity contribution in [2.75, 3.05) is 17.7 Å². The van der Waals surface area contributed by atoms with Crippen LogP contribution in [-0.2, 0) is 4.74 Å². The van der Waals surface area contributed by atoms with Crippen LogP contribution < -0.4 is 10.6 Å². The molecule has 5 heteroatoms. The molecule has 2 N–H and O–H groups in total. The molecule has 2 aliphatic carbocycles. The molecular formula is C30H30N2O3. The first-order valence-corrected chi connectivity index (χ1v) is 12.5. The molecule has 1 heterocycles. The molecule has 3 aliphatic rings. The van der Waals surface area contributed by atoms with Crippen LogP contribution in [0.15, 0.2) is 66.7 Å². The van der Waals surface area contributed by atoms with E-state index in [2.05, 4.69) is 53.1 Å². The average Bonchev–Trinajstić information content (AvgIpc) is 3.52. The van der Waals surface area contributed by atoms with E-state index in [1.54, 1.807) is 12.1 Å². The molecule has 5 nitrogen and oxygen atoms in total. The number of methoxy groups -OCH3 is 1.